The molecule has 0 heterocycles. The molecule has 0 atom stereocenters. The molecule has 0 spiro atoms. The molecule has 3 nitrogen and oxygen atoms in total. The zero-order chi connectivity index (χ0) is 18.2. The van der Waals surface area contributed by atoms with Gasteiger partial charge in [0.05, 0.1) is 0 Å². The van der Waals surface area contributed by atoms with Crippen molar-refractivity contribution in [3.63, 3.8) is 0 Å². The molecule has 0 aliphatic carbocycles. The fourth-order valence-corrected chi connectivity index (χ4v) is 2.57. The highest BCUT2D eigenvalue weighted by molar-refractivity contribution is 5.81. The maximum atomic E-state index is 12.3. The number of carbonyl (C=O) groups excluding carboxylic acids is 1. The minimum atomic E-state index is -0.278. The molecule has 136 valence electrons. The van der Waals surface area contributed by atoms with Gasteiger partial charge in [0, 0.05) is 12.0 Å². The number of amides is 1. The summed E-state index contributed by atoms with van der Waals surface area (Å²) in [5.74, 6) is 1.04. The lowest BCUT2D eigenvalue weighted by Crippen LogP contribution is -2.37. The molecule has 1 aromatic carbocycles. The van der Waals surface area contributed by atoms with Gasteiger partial charge in [-0.1, -0.05) is 52.2 Å². The normalized spacial score (nSPS) is 12.1. The van der Waals surface area contributed by atoms with E-state index in [0.717, 1.165) is 25.0 Å². The molecule has 0 aliphatic rings. The molecule has 0 unspecified atom stereocenters. The van der Waals surface area contributed by atoms with Crippen molar-refractivity contribution in [2.24, 2.45) is 5.41 Å². The minimum absolute atomic E-state index is 0.159. The van der Waals surface area contributed by atoms with Crippen LogP contribution in [-0.4, -0.2) is 18.1 Å². The van der Waals surface area contributed by atoms with Gasteiger partial charge in [-0.25, -0.2) is 0 Å². The van der Waals surface area contributed by atoms with Crippen molar-refractivity contribution in [3.8, 4) is 5.75 Å². The lowest BCUT2D eigenvalue weighted by molar-refractivity contribution is -0.129. The van der Waals surface area contributed by atoms with E-state index in [1.165, 1.54) is 18.4 Å². The average Bonchev–Trinajstić information content (AvgIpc) is 2.47. The van der Waals surface area contributed by atoms with Crippen molar-refractivity contribution in [2.75, 3.05) is 6.54 Å². The summed E-state index contributed by atoms with van der Waals surface area (Å²) in [6, 6.07) is 8.13. The molecular formula is C21H35NO2. The van der Waals surface area contributed by atoms with Gasteiger partial charge in [0.2, 0.25) is 5.91 Å². The van der Waals surface area contributed by atoms with Gasteiger partial charge in [-0.15, -0.1) is 0 Å². The minimum Gasteiger partial charge on any atom is -0.488 e. The lowest BCUT2D eigenvalue weighted by Gasteiger charge is -2.23. The fraction of sp³-hybridized carbons (Fsp3) is 0.667. The Morgan fingerprint density at radius 1 is 1.04 bits per heavy atom. The zero-order valence-electron chi connectivity index (χ0n) is 16.4. The van der Waals surface area contributed by atoms with Crippen molar-refractivity contribution < 1.29 is 9.53 Å². The Morgan fingerprint density at radius 2 is 1.67 bits per heavy atom. The average molecular weight is 334 g/mol. The van der Waals surface area contributed by atoms with Crippen LogP contribution in [0.25, 0.3) is 0 Å². The molecule has 0 saturated heterocycles. The Balaban J connectivity index is 2.40. The van der Waals surface area contributed by atoms with Gasteiger partial charge >= 0.3 is 0 Å². The summed E-state index contributed by atoms with van der Waals surface area (Å²) in [5, 5.41) is 3.08. The van der Waals surface area contributed by atoms with Crippen LogP contribution in [0.4, 0.5) is 0 Å². The molecule has 1 aromatic rings. The highest BCUT2D eigenvalue weighted by Gasteiger charge is 2.26. The van der Waals surface area contributed by atoms with E-state index in [9.17, 15) is 4.79 Å². The summed E-state index contributed by atoms with van der Waals surface area (Å²) in [7, 11) is 0. The number of ether oxygens (including phenoxy) is 1. The predicted octanol–water partition coefficient (Wildman–Crippen LogP) is 5.13. The van der Waals surface area contributed by atoms with Gasteiger partial charge in [0.1, 0.15) is 11.4 Å². The predicted molar refractivity (Wildman–Crippen MR) is 101 cm³/mol. The van der Waals surface area contributed by atoms with Crippen molar-refractivity contribution in [2.45, 2.75) is 79.2 Å². The van der Waals surface area contributed by atoms with Gasteiger partial charge in [-0.2, -0.15) is 0 Å². The van der Waals surface area contributed by atoms with E-state index in [-0.39, 0.29) is 16.9 Å². The molecule has 3 heteroatoms. The van der Waals surface area contributed by atoms with Crippen LogP contribution in [0.3, 0.4) is 0 Å². The maximum absolute atomic E-state index is 12.3. The van der Waals surface area contributed by atoms with Crippen LogP contribution in [0.15, 0.2) is 24.3 Å². The van der Waals surface area contributed by atoms with Crippen LogP contribution in [0.5, 0.6) is 5.75 Å². The number of hydrogen-bond acceptors (Lipinski definition) is 2. The highest BCUT2D eigenvalue weighted by Crippen LogP contribution is 2.24. The zero-order valence-corrected chi connectivity index (χ0v) is 16.4. The molecule has 1 amide bonds. The quantitative estimate of drug-likeness (QED) is 0.636. The molecule has 24 heavy (non-hydrogen) atoms. The third-order valence-corrected chi connectivity index (χ3v) is 4.07. The number of unbranched alkanes of at least 4 members (excludes halogenated alkanes) is 2. The summed E-state index contributed by atoms with van der Waals surface area (Å²) in [5.41, 5.74) is 0.749. The number of carbonyl (C=O) groups is 1. The molecule has 0 bridgehead atoms. The monoisotopic (exact) mass is 333 g/mol. The second kappa shape index (κ2) is 9.10. The molecule has 0 fully saturated rings. The van der Waals surface area contributed by atoms with Crippen LogP contribution >= 0.6 is 0 Å². The Labute approximate surface area is 148 Å². The van der Waals surface area contributed by atoms with Crippen LogP contribution in [0, 0.1) is 5.41 Å². The van der Waals surface area contributed by atoms with Crippen molar-refractivity contribution in [1.82, 2.24) is 5.32 Å². The largest absolute Gasteiger partial charge is 0.488 e. The SMILES string of the molecule is CCCCCC(C)(C)C(=O)NCCc1ccc(OC(C)(C)C)cc1. The summed E-state index contributed by atoms with van der Waals surface area (Å²) in [6.45, 7) is 13.1. The van der Waals surface area contributed by atoms with E-state index < -0.39 is 0 Å². The first-order valence-corrected chi connectivity index (χ1v) is 9.20. The van der Waals surface area contributed by atoms with E-state index in [1.807, 2.05) is 46.8 Å². The summed E-state index contributed by atoms with van der Waals surface area (Å²) < 4.78 is 5.82. The van der Waals surface area contributed by atoms with Crippen LogP contribution < -0.4 is 10.1 Å². The van der Waals surface area contributed by atoms with Crippen molar-refractivity contribution in [1.29, 1.82) is 0 Å². The fourth-order valence-electron chi connectivity index (χ4n) is 2.57. The second-order valence-corrected chi connectivity index (χ2v) is 8.21. The smallest absolute Gasteiger partial charge is 0.225 e. The maximum Gasteiger partial charge on any atom is 0.225 e. The first-order valence-electron chi connectivity index (χ1n) is 9.20. The molecule has 0 aliphatic heterocycles. The number of rotatable bonds is 9. The second-order valence-electron chi connectivity index (χ2n) is 8.21. The highest BCUT2D eigenvalue weighted by atomic mass is 16.5. The van der Waals surface area contributed by atoms with E-state index in [4.69, 9.17) is 4.74 Å². The first kappa shape index (κ1) is 20.5. The first-order chi connectivity index (χ1) is 11.1. The molecule has 0 saturated carbocycles. The van der Waals surface area contributed by atoms with Crippen LogP contribution in [0.2, 0.25) is 0 Å². The number of benzene rings is 1. The topological polar surface area (TPSA) is 38.3 Å². The molecule has 1 rings (SSSR count). The third kappa shape index (κ3) is 7.85. The number of nitrogens with one attached hydrogen (secondary N) is 1. The standard InChI is InChI=1S/C21H35NO2/c1-7-8-9-15-21(5,6)19(23)22-16-14-17-10-12-18(13-11-17)24-20(2,3)4/h10-13H,7-9,14-16H2,1-6H3,(H,22,23). The molecule has 0 aromatic heterocycles. The Hall–Kier alpha value is -1.51. The number of hydrogen-bond donors (Lipinski definition) is 1. The Bertz CT molecular complexity index is 498. The van der Waals surface area contributed by atoms with E-state index in [0.29, 0.717) is 6.54 Å². The lowest BCUT2D eigenvalue weighted by atomic mass is 9.86. The van der Waals surface area contributed by atoms with Crippen LogP contribution in [0.1, 0.15) is 72.8 Å². The van der Waals surface area contributed by atoms with Gasteiger partial charge in [0.15, 0.2) is 0 Å². The van der Waals surface area contributed by atoms with E-state index in [2.05, 4.69) is 24.4 Å². The van der Waals surface area contributed by atoms with E-state index >= 15 is 0 Å². The molecule has 1 N–H and O–H groups in total. The molecular weight excluding hydrogens is 298 g/mol. The van der Waals surface area contributed by atoms with Gasteiger partial charge in [-0.05, 0) is 51.3 Å². The Morgan fingerprint density at radius 3 is 2.21 bits per heavy atom. The van der Waals surface area contributed by atoms with Crippen LogP contribution in [-0.2, 0) is 11.2 Å². The van der Waals surface area contributed by atoms with E-state index in [1.54, 1.807) is 0 Å². The molecule has 0 radical (unpaired) electrons. The Kier molecular flexibility index (Phi) is 7.78. The van der Waals surface area contributed by atoms with Gasteiger partial charge in [-0.3, -0.25) is 4.79 Å². The van der Waals surface area contributed by atoms with Crippen molar-refractivity contribution >= 4 is 5.91 Å². The van der Waals surface area contributed by atoms with Gasteiger partial charge in [0.25, 0.3) is 0 Å². The third-order valence-electron chi connectivity index (χ3n) is 4.07. The van der Waals surface area contributed by atoms with Crippen molar-refractivity contribution in [3.05, 3.63) is 29.8 Å². The summed E-state index contributed by atoms with van der Waals surface area (Å²) in [4.78, 5) is 12.3. The summed E-state index contributed by atoms with van der Waals surface area (Å²) in [6.07, 6.45) is 5.29. The van der Waals surface area contributed by atoms with Gasteiger partial charge < -0.3 is 10.1 Å². The summed E-state index contributed by atoms with van der Waals surface area (Å²) >= 11 is 0.